The standard InChI is InChI=1S/C11H24N2O/c1-10(12-6-4-8-14)11-5-3-7-13(2)9-11/h10-12,14H,3-9H2,1-2H3. The molecule has 0 bridgehead atoms. The third-order valence-corrected chi connectivity index (χ3v) is 3.17. The fraction of sp³-hybridized carbons (Fsp3) is 1.00. The molecule has 3 heteroatoms. The maximum absolute atomic E-state index is 8.68. The lowest BCUT2D eigenvalue weighted by molar-refractivity contribution is 0.177. The Labute approximate surface area is 87.5 Å². The molecule has 1 fully saturated rings. The molecule has 1 aliphatic heterocycles. The molecule has 1 heterocycles. The van der Waals surface area contributed by atoms with Crippen LogP contribution in [0.2, 0.25) is 0 Å². The molecule has 0 aromatic rings. The van der Waals surface area contributed by atoms with Gasteiger partial charge in [0.2, 0.25) is 0 Å². The molecule has 0 aliphatic carbocycles. The number of nitrogens with zero attached hydrogens (tertiary/aromatic N) is 1. The molecule has 0 saturated carbocycles. The monoisotopic (exact) mass is 200 g/mol. The number of piperidine rings is 1. The summed E-state index contributed by atoms with van der Waals surface area (Å²) in [7, 11) is 2.20. The summed E-state index contributed by atoms with van der Waals surface area (Å²) in [6.07, 6.45) is 3.54. The van der Waals surface area contributed by atoms with E-state index >= 15 is 0 Å². The summed E-state index contributed by atoms with van der Waals surface area (Å²) in [5.41, 5.74) is 0. The van der Waals surface area contributed by atoms with Crippen molar-refractivity contribution in [3.8, 4) is 0 Å². The minimum Gasteiger partial charge on any atom is -0.396 e. The van der Waals surface area contributed by atoms with Crippen molar-refractivity contribution in [3.63, 3.8) is 0 Å². The fourth-order valence-electron chi connectivity index (χ4n) is 2.19. The second kappa shape index (κ2) is 6.38. The van der Waals surface area contributed by atoms with Gasteiger partial charge in [-0.15, -0.1) is 0 Å². The summed E-state index contributed by atoms with van der Waals surface area (Å²) in [6.45, 7) is 5.97. The molecule has 1 saturated heterocycles. The summed E-state index contributed by atoms with van der Waals surface area (Å²) < 4.78 is 0. The van der Waals surface area contributed by atoms with Crippen molar-refractivity contribution in [2.75, 3.05) is 33.3 Å². The van der Waals surface area contributed by atoms with Crippen LogP contribution in [0.3, 0.4) is 0 Å². The Balaban J connectivity index is 2.18. The summed E-state index contributed by atoms with van der Waals surface area (Å²) in [5.74, 6) is 0.785. The Hall–Kier alpha value is -0.120. The van der Waals surface area contributed by atoms with E-state index in [1.165, 1.54) is 25.9 Å². The normalized spacial score (nSPS) is 26.4. The molecule has 1 rings (SSSR count). The zero-order valence-corrected chi connectivity index (χ0v) is 9.50. The van der Waals surface area contributed by atoms with Gasteiger partial charge in [-0.3, -0.25) is 0 Å². The van der Waals surface area contributed by atoms with E-state index in [1.807, 2.05) is 0 Å². The molecular weight excluding hydrogens is 176 g/mol. The highest BCUT2D eigenvalue weighted by molar-refractivity contribution is 4.78. The van der Waals surface area contributed by atoms with Gasteiger partial charge < -0.3 is 15.3 Å². The molecule has 3 nitrogen and oxygen atoms in total. The Morgan fingerprint density at radius 3 is 3.00 bits per heavy atom. The highest BCUT2D eigenvalue weighted by Gasteiger charge is 2.21. The molecule has 1 aliphatic rings. The van der Waals surface area contributed by atoms with Gasteiger partial charge in [0.15, 0.2) is 0 Å². The second-order valence-corrected chi connectivity index (χ2v) is 4.48. The van der Waals surface area contributed by atoms with Crippen LogP contribution in [0.1, 0.15) is 26.2 Å². The largest absolute Gasteiger partial charge is 0.396 e. The zero-order valence-electron chi connectivity index (χ0n) is 9.50. The minimum atomic E-state index is 0.296. The Morgan fingerprint density at radius 2 is 2.36 bits per heavy atom. The average molecular weight is 200 g/mol. The third-order valence-electron chi connectivity index (χ3n) is 3.17. The van der Waals surface area contributed by atoms with Crippen molar-refractivity contribution in [2.24, 2.45) is 5.92 Å². The topological polar surface area (TPSA) is 35.5 Å². The van der Waals surface area contributed by atoms with Gasteiger partial charge in [-0.1, -0.05) is 0 Å². The number of aliphatic hydroxyl groups excluding tert-OH is 1. The number of hydrogen-bond acceptors (Lipinski definition) is 3. The van der Waals surface area contributed by atoms with E-state index in [2.05, 4.69) is 24.2 Å². The predicted octanol–water partition coefficient (Wildman–Crippen LogP) is 0.689. The highest BCUT2D eigenvalue weighted by Crippen LogP contribution is 2.18. The van der Waals surface area contributed by atoms with E-state index in [0.29, 0.717) is 12.6 Å². The lowest BCUT2D eigenvalue weighted by Crippen LogP contribution is -2.43. The summed E-state index contributed by atoms with van der Waals surface area (Å²) in [6, 6.07) is 0.587. The second-order valence-electron chi connectivity index (χ2n) is 4.48. The number of rotatable bonds is 5. The number of likely N-dealkylation sites (tertiary alicyclic amines) is 1. The summed E-state index contributed by atoms with van der Waals surface area (Å²) >= 11 is 0. The zero-order chi connectivity index (χ0) is 10.4. The van der Waals surface area contributed by atoms with E-state index in [9.17, 15) is 0 Å². The molecule has 0 aromatic heterocycles. The maximum atomic E-state index is 8.68. The van der Waals surface area contributed by atoms with Crippen molar-refractivity contribution in [1.82, 2.24) is 10.2 Å². The Morgan fingerprint density at radius 1 is 1.57 bits per heavy atom. The number of hydrogen-bond donors (Lipinski definition) is 2. The van der Waals surface area contributed by atoms with Crippen molar-refractivity contribution >= 4 is 0 Å². The van der Waals surface area contributed by atoms with Crippen molar-refractivity contribution in [3.05, 3.63) is 0 Å². The van der Waals surface area contributed by atoms with Crippen molar-refractivity contribution < 1.29 is 5.11 Å². The predicted molar refractivity (Wildman–Crippen MR) is 59.4 cm³/mol. The van der Waals surface area contributed by atoms with Crippen LogP contribution in [0, 0.1) is 5.92 Å². The first-order chi connectivity index (χ1) is 6.74. The Kier molecular flexibility index (Phi) is 5.45. The van der Waals surface area contributed by atoms with Crippen LogP contribution in [0.5, 0.6) is 0 Å². The van der Waals surface area contributed by atoms with Gasteiger partial charge in [-0.05, 0) is 52.2 Å². The van der Waals surface area contributed by atoms with Gasteiger partial charge in [0, 0.05) is 19.2 Å². The van der Waals surface area contributed by atoms with E-state index in [-0.39, 0.29) is 0 Å². The molecule has 84 valence electrons. The van der Waals surface area contributed by atoms with Gasteiger partial charge in [0.25, 0.3) is 0 Å². The quantitative estimate of drug-likeness (QED) is 0.641. The SMILES string of the molecule is CC(NCCCO)C1CCCN(C)C1. The molecule has 0 amide bonds. The summed E-state index contributed by atoms with van der Waals surface area (Å²) in [4.78, 5) is 2.42. The van der Waals surface area contributed by atoms with Crippen LogP contribution < -0.4 is 5.32 Å². The van der Waals surface area contributed by atoms with Crippen molar-refractivity contribution in [2.45, 2.75) is 32.2 Å². The lowest BCUT2D eigenvalue weighted by Gasteiger charge is -2.34. The van der Waals surface area contributed by atoms with Crippen molar-refractivity contribution in [1.29, 1.82) is 0 Å². The van der Waals surface area contributed by atoms with E-state index in [0.717, 1.165) is 18.9 Å². The van der Waals surface area contributed by atoms with Gasteiger partial charge in [0.1, 0.15) is 0 Å². The highest BCUT2D eigenvalue weighted by atomic mass is 16.3. The molecule has 2 N–H and O–H groups in total. The first-order valence-electron chi connectivity index (χ1n) is 5.77. The van der Waals surface area contributed by atoms with Crippen LogP contribution in [-0.2, 0) is 0 Å². The van der Waals surface area contributed by atoms with Gasteiger partial charge in [0.05, 0.1) is 0 Å². The van der Waals surface area contributed by atoms with Crippen LogP contribution in [0.4, 0.5) is 0 Å². The fourth-order valence-corrected chi connectivity index (χ4v) is 2.19. The van der Waals surface area contributed by atoms with E-state index < -0.39 is 0 Å². The molecule has 0 aromatic carbocycles. The van der Waals surface area contributed by atoms with Gasteiger partial charge in [-0.2, -0.15) is 0 Å². The van der Waals surface area contributed by atoms with E-state index in [4.69, 9.17) is 5.11 Å². The first-order valence-corrected chi connectivity index (χ1v) is 5.77. The lowest BCUT2D eigenvalue weighted by atomic mass is 9.92. The maximum Gasteiger partial charge on any atom is 0.0443 e. The molecule has 2 atom stereocenters. The smallest absolute Gasteiger partial charge is 0.0443 e. The minimum absolute atomic E-state index is 0.296. The number of nitrogens with one attached hydrogen (secondary N) is 1. The average Bonchev–Trinajstić information content (AvgIpc) is 2.18. The molecule has 14 heavy (non-hydrogen) atoms. The Bertz CT molecular complexity index is 152. The van der Waals surface area contributed by atoms with Gasteiger partial charge in [-0.25, -0.2) is 0 Å². The van der Waals surface area contributed by atoms with Crippen LogP contribution in [0.25, 0.3) is 0 Å². The molecule has 0 radical (unpaired) electrons. The molecular formula is C11H24N2O. The van der Waals surface area contributed by atoms with Gasteiger partial charge >= 0.3 is 0 Å². The summed E-state index contributed by atoms with van der Waals surface area (Å²) in [5, 5.41) is 12.2. The van der Waals surface area contributed by atoms with E-state index in [1.54, 1.807) is 0 Å². The van der Waals surface area contributed by atoms with Crippen LogP contribution in [-0.4, -0.2) is 49.3 Å². The van der Waals surface area contributed by atoms with Crippen LogP contribution in [0.15, 0.2) is 0 Å². The third kappa shape index (κ3) is 3.95. The molecule has 0 spiro atoms. The van der Waals surface area contributed by atoms with Crippen LogP contribution >= 0.6 is 0 Å². The first kappa shape index (κ1) is 12.0. The number of aliphatic hydroxyl groups is 1. The molecule has 2 unspecified atom stereocenters.